The van der Waals surface area contributed by atoms with E-state index < -0.39 is 11.1 Å². The van der Waals surface area contributed by atoms with Crippen LogP contribution in [0.15, 0.2) is 140 Å². The quantitative estimate of drug-likeness (QED) is 0.131. The highest BCUT2D eigenvalue weighted by Gasteiger charge is 2.42. The zero-order valence-corrected chi connectivity index (χ0v) is 29.7. The maximum Gasteiger partial charge on any atom is 0.184 e. The van der Waals surface area contributed by atoms with Gasteiger partial charge in [0.25, 0.3) is 0 Å². The van der Waals surface area contributed by atoms with E-state index in [1.807, 2.05) is 42.8 Å². The predicted octanol–water partition coefficient (Wildman–Crippen LogP) is 8.83. The Hall–Kier alpha value is -5.66. The Morgan fingerprint density at radius 3 is 1.69 bits per heavy atom. The standard InChI is InChI=1S/C44H44N6O/c1-5-18-40-45-41(43(3,4)51)39(6-2)49(40)31-32-27-29-33(30-28-32)37-25-16-17-26-38(37)42-46-47-48-50(42)44(34-19-10-7-11-20-34,35-21-12-8-13-22-35)36-23-14-9-15-24-36/h7-17,19-30,51H,5-6,18,31H2,1-4H3. The van der Waals surface area contributed by atoms with E-state index in [9.17, 15) is 5.11 Å². The van der Waals surface area contributed by atoms with Gasteiger partial charge < -0.3 is 9.67 Å². The van der Waals surface area contributed by atoms with Gasteiger partial charge in [0.2, 0.25) is 0 Å². The van der Waals surface area contributed by atoms with E-state index in [-0.39, 0.29) is 0 Å². The van der Waals surface area contributed by atoms with Crippen molar-refractivity contribution in [2.24, 2.45) is 0 Å². The number of imidazole rings is 1. The molecule has 0 spiro atoms. The summed E-state index contributed by atoms with van der Waals surface area (Å²) in [5.41, 5.74) is 7.39. The molecule has 0 fully saturated rings. The summed E-state index contributed by atoms with van der Waals surface area (Å²) in [7, 11) is 0. The topological polar surface area (TPSA) is 81.7 Å². The van der Waals surface area contributed by atoms with Crippen molar-refractivity contribution in [3.63, 3.8) is 0 Å². The van der Waals surface area contributed by atoms with Crippen LogP contribution in [0.25, 0.3) is 22.5 Å². The van der Waals surface area contributed by atoms with Crippen LogP contribution in [-0.2, 0) is 30.5 Å². The van der Waals surface area contributed by atoms with Crippen LogP contribution in [0.4, 0.5) is 0 Å². The van der Waals surface area contributed by atoms with E-state index in [1.54, 1.807) is 0 Å². The Morgan fingerprint density at radius 2 is 1.18 bits per heavy atom. The smallest absolute Gasteiger partial charge is 0.184 e. The number of nitrogens with zero attached hydrogens (tertiary/aromatic N) is 6. The van der Waals surface area contributed by atoms with E-state index >= 15 is 0 Å². The molecule has 0 radical (unpaired) electrons. The normalized spacial score (nSPS) is 11.9. The van der Waals surface area contributed by atoms with E-state index in [4.69, 9.17) is 15.3 Å². The van der Waals surface area contributed by atoms with Gasteiger partial charge in [0, 0.05) is 24.2 Å². The third-order valence-electron chi connectivity index (χ3n) is 9.68. The molecular formula is C44H44N6O. The molecule has 51 heavy (non-hydrogen) atoms. The van der Waals surface area contributed by atoms with Gasteiger partial charge in [-0.25, -0.2) is 9.67 Å². The van der Waals surface area contributed by atoms with Gasteiger partial charge in [-0.1, -0.05) is 153 Å². The molecule has 2 heterocycles. The van der Waals surface area contributed by atoms with E-state index in [2.05, 4.69) is 139 Å². The van der Waals surface area contributed by atoms with Gasteiger partial charge in [-0.2, -0.15) is 0 Å². The number of aliphatic hydroxyl groups is 1. The predicted molar refractivity (Wildman–Crippen MR) is 203 cm³/mol. The minimum absolute atomic E-state index is 0.667. The Morgan fingerprint density at radius 1 is 0.647 bits per heavy atom. The number of hydrogen-bond donors (Lipinski definition) is 1. The summed E-state index contributed by atoms with van der Waals surface area (Å²) in [6.07, 6.45) is 2.65. The first-order chi connectivity index (χ1) is 24.9. The van der Waals surface area contributed by atoms with Crippen LogP contribution in [0.2, 0.25) is 0 Å². The molecule has 0 bridgehead atoms. The molecule has 0 aliphatic carbocycles. The fourth-order valence-corrected chi connectivity index (χ4v) is 7.37. The Balaban J connectivity index is 1.34. The first-order valence-electron chi connectivity index (χ1n) is 17.8. The van der Waals surface area contributed by atoms with Gasteiger partial charge in [0.15, 0.2) is 5.82 Å². The first kappa shape index (κ1) is 33.8. The van der Waals surface area contributed by atoms with Crippen LogP contribution in [0.1, 0.15) is 73.6 Å². The SMILES string of the molecule is CCCc1nc(C(C)(C)O)c(CC)n1Cc1ccc(-c2ccccc2-c2nnnn2C(c2ccccc2)(c2ccccc2)c2ccccc2)cc1. The van der Waals surface area contributed by atoms with Crippen LogP contribution in [-0.4, -0.2) is 34.9 Å². The molecule has 5 aromatic carbocycles. The fourth-order valence-electron chi connectivity index (χ4n) is 7.37. The summed E-state index contributed by atoms with van der Waals surface area (Å²) in [5, 5.41) is 24.7. The Labute approximate surface area is 300 Å². The maximum absolute atomic E-state index is 10.9. The molecule has 7 nitrogen and oxygen atoms in total. The van der Waals surface area contributed by atoms with Crippen molar-refractivity contribution in [1.82, 2.24) is 29.8 Å². The Kier molecular flexibility index (Phi) is 9.48. The zero-order chi connectivity index (χ0) is 35.4. The first-order valence-corrected chi connectivity index (χ1v) is 17.8. The van der Waals surface area contributed by atoms with Crippen molar-refractivity contribution in [2.45, 2.75) is 64.6 Å². The molecule has 1 N–H and O–H groups in total. The van der Waals surface area contributed by atoms with Gasteiger partial charge in [-0.3, -0.25) is 0 Å². The lowest BCUT2D eigenvalue weighted by molar-refractivity contribution is 0.0730. The largest absolute Gasteiger partial charge is 0.384 e. The molecule has 0 amide bonds. The van der Waals surface area contributed by atoms with E-state index in [0.29, 0.717) is 12.4 Å². The molecule has 256 valence electrons. The number of hydrogen-bond acceptors (Lipinski definition) is 5. The van der Waals surface area contributed by atoms with Crippen molar-refractivity contribution >= 4 is 0 Å². The molecular weight excluding hydrogens is 629 g/mol. The fraction of sp³-hybridized carbons (Fsp3) is 0.227. The second-order valence-corrected chi connectivity index (χ2v) is 13.5. The number of tetrazole rings is 1. The number of aromatic nitrogens is 6. The van der Waals surface area contributed by atoms with Crippen molar-refractivity contribution in [3.05, 3.63) is 179 Å². The van der Waals surface area contributed by atoms with Crippen molar-refractivity contribution in [1.29, 1.82) is 0 Å². The molecule has 0 aliphatic rings. The van der Waals surface area contributed by atoms with Crippen LogP contribution >= 0.6 is 0 Å². The second-order valence-electron chi connectivity index (χ2n) is 13.5. The highest BCUT2D eigenvalue weighted by atomic mass is 16.3. The number of aryl methyl sites for hydroxylation is 1. The molecule has 0 saturated heterocycles. The average Bonchev–Trinajstić information content (AvgIpc) is 3.79. The Bertz CT molecular complexity index is 2100. The number of rotatable bonds is 12. The summed E-state index contributed by atoms with van der Waals surface area (Å²) in [4.78, 5) is 4.93. The molecule has 7 rings (SSSR count). The van der Waals surface area contributed by atoms with Crippen molar-refractivity contribution < 1.29 is 5.11 Å². The van der Waals surface area contributed by atoms with Gasteiger partial charge in [-0.05, 0) is 70.5 Å². The minimum atomic E-state index is -0.999. The molecule has 7 aromatic rings. The third-order valence-corrected chi connectivity index (χ3v) is 9.68. The lowest BCUT2D eigenvalue weighted by Gasteiger charge is -2.36. The lowest BCUT2D eigenvalue weighted by Crippen LogP contribution is -2.39. The summed E-state index contributed by atoms with van der Waals surface area (Å²) < 4.78 is 4.28. The van der Waals surface area contributed by atoms with Crippen LogP contribution in [0.3, 0.4) is 0 Å². The van der Waals surface area contributed by atoms with Gasteiger partial charge in [0.05, 0.1) is 5.69 Å². The third kappa shape index (κ3) is 6.30. The van der Waals surface area contributed by atoms with E-state index in [1.165, 1.54) is 5.56 Å². The zero-order valence-electron chi connectivity index (χ0n) is 29.7. The van der Waals surface area contributed by atoms with Crippen LogP contribution in [0, 0.1) is 0 Å². The van der Waals surface area contributed by atoms with Crippen molar-refractivity contribution in [2.75, 3.05) is 0 Å². The van der Waals surface area contributed by atoms with Crippen molar-refractivity contribution in [3.8, 4) is 22.5 Å². The molecule has 0 unspecified atom stereocenters. The van der Waals surface area contributed by atoms with Crippen LogP contribution in [0.5, 0.6) is 0 Å². The summed E-state index contributed by atoms with van der Waals surface area (Å²) in [6.45, 7) is 8.63. The summed E-state index contributed by atoms with van der Waals surface area (Å²) in [6, 6.07) is 48.5. The van der Waals surface area contributed by atoms with Gasteiger partial charge in [0.1, 0.15) is 17.0 Å². The maximum atomic E-state index is 10.9. The minimum Gasteiger partial charge on any atom is -0.384 e. The molecule has 0 atom stereocenters. The van der Waals surface area contributed by atoms with Crippen LogP contribution < -0.4 is 0 Å². The average molecular weight is 673 g/mol. The molecule has 0 aliphatic heterocycles. The highest BCUT2D eigenvalue weighted by Crippen LogP contribution is 2.43. The second kappa shape index (κ2) is 14.3. The van der Waals surface area contributed by atoms with E-state index in [0.717, 1.165) is 69.9 Å². The number of benzene rings is 5. The summed E-state index contributed by atoms with van der Waals surface area (Å²) >= 11 is 0. The molecule has 2 aromatic heterocycles. The molecule has 0 saturated carbocycles. The van der Waals surface area contributed by atoms with Gasteiger partial charge >= 0.3 is 0 Å². The lowest BCUT2D eigenvalue weighted by atomic mass is 9.77. The molecule has 7 heteroatoms. The summed E-state index contributed by atoms with van der Waals surface area (Å²) in [5.74, 6) is 1.69. The monoisotopic (exact) mass is 672 g/mol. The highest BCUT2D eigenvalue weighted by molar-refractivity contribution is 5.81. The van der Waals surface area contributed by atoms with Gasteiger partial charge in [-0.15, -0.1) is 5.10 Å².